The summed E-state index contributed by atoms with van der Waals surface area (Å²) in [6.07, 6.45) is 5.20. The Bertz CT molecular complexity index is 918. The van der Waals surface area contributed by atoms with Crippen LogP contribution in [0.5, 0.6) is 11.6 Å². The molecule has 2 heterocycles. The van der Waals surface area contributed by atoms with Gasteiger partial charge in [0.25, 0.3) is 0 Å². The maximum absolute atomic E-state index is 10.3. The van der Waals surface area contributed by atoms with Crippen molar-refractivity contribution in [3.8, 4) is 11.6 Å². The Morgan fingerprint density at radius 1 is 1.38 bits per heavy atom. The predicted molar refractivity (Wildman–Crippen MR) is 101 cm³/mol. The molecule has 24 heavy (non-hydrogen) atoms. The number of thiazole rings is 1. The van der Waals surface area contributed by atoms with Crippen molar-refractivity contribution in [2.24, 2.45) is 10.2 Å². The number of aromatic nitrogens is 1. The van der Waals surface area contributed by atoms with Crippen molar-refractivity contribution in [2.45, 2.75) is 6.54 Å². The molecule has 2 aromatic rings. The first kappa shape index (κ1) is 16.4. The third-order valence-corrected chi connectivity index (χ3v) is 4.87. The van der Waals surface area contributed by atoms with Gasteiger partial charge in [0, 0.05) is 17.7 Å². The monoisotopic (exact) mass is 357 g/mol. The molecule has 1 aromatic heterocycles. The zero-order valence-electron chi connectivity index (χ0n) is 13.0. The Morgan fingerprint density at radius 3 is 2.79 bits per heavy atom. The number of hydrogen-bond donors (Lipinski definition) is 1. The standard InChI is InChI=1S/C17H15N3O2S2/c1-3-8-20-16(21)14(24-17(20)23)9-12-10-18-19-15(12)11-4-6-13(22-2)7-5-11/h3-7,9-10,21H,1,8H2,2H3/b12-9+. The molecule has 0 spiro atoms. The normalized spacial score (nSPS) is 14.9. The Kier molecular flexibility index (Phi) is 4.73. The number of methoxy groups -OCH3 is 1. The number of allylic oxidation sites excluding steroid dienone is 2. The minimum absolute atomic E-state index is 0.131. The molecular formula is C17H15N3O2S2. The van der Waals surface area contributed by atoms with Gasteiger partial charge in [-0.25, -0.2) is 0 Å². The van der Waals surface area contributed by atoms with Crippen LogP contribution in [0.4, 0.5) is 0 Å². The van der Waals surface area contributed by atoms with Crippen LogP contribution in [0.1, 0.15) is 10.4 Å². The second kappa shape index (κ2) is 6.94. The van der Waals surface area contributed by atoms with Crippen molar-refractivity contribution in [1.82, 2.24) is 4.57 Å². The van der Waals surface area contributed by atoms with Crippen molar-refractivity contribution in [2.75, 3.05) is 7.11 Å². The van der Waals surface area contributed by atoms with Gasteiger partial charge >= 0.3 is 0 Å². The van der Waals surface area contributed by atoms with Crippen molar-refractivity contribution in [3.05, 3.63) is 56.9 Å². The summed E-state index contributed by atoms with van der Waals surface area (Å²) in [5.41, 5.74) is 2.48. The van der Waals surface area contributed by atoms with E-state index in [1.165, 1.54) is 11.3 Å². The summed E-state index contributed by atoms with van der Waals surface area (Å²) in [6.45, 7) is 4.15. The van der Waals surface area contributed by atoms with E-state index in [9.17, 15) is 5.11 Å². The van der Waals surface area contributed by atoms with E-state index >= 15 is 0 Å². The van der Waals surface area contributed by atoms with Crippen LogP contribution in [0.25, 0.3) is 6.08 Å². The molecule has 1 aliphatic heterocycles. The lowest BCUT2D eigenvalue weighted by Gasteiger charge is -2.04. The summed E-state index contributed by atoms with van der Waals surface area (Å²) in [6, 6.07) is 7.58. The molecule has 1 aliphatic rings. The first-order valence-electron chi connectivity index (χ1n) is 7.15. The highest BCUT2D eigenvalue weighted by molar-refractivity contribution is 7.73. The van der Waals surface area contributed by atoms with E-state index in [4.69, 9.17) is 17.0 Å². The van der Waals surface area contributed by atoms with Gasteiger partial charge in [0.05, 0.1) is 18.2 Å². The molecule has 0 aliphatic carbocycles. The zero-order valence-corrected chi connectivity index (χ0v) is 14.6. The number of hydrogen-bond acceptors (Lipinski definition) is 6. The van der Waals surface area contributed by atoms with Gasteiger partial charge < -0.3 is 9.84 Å². The Balaban J connectivity index is 1.96. The molecule has 0 fully saturated rings. The lowest BCUT2D eigenvalue weighted by Crippen LogP contribution is -2.02. The van der Waals surface area contributed by atoms with Gasteiger partial charge in [-0.15, -0.1) is 23.0 Å². The van der Waals surface area contributed by atoms with E-state index < -0.39 is 0 Å². The van der Waals surface area contributed by atoms with Crippen LogP contribution in [0.15, 0.2) is 52.7 Å². The van der Waals surface area contributed by atoms with E-state index in [1.54, 1.807) is 24.0 Å². The number of rotatable bonds is 5. The predicted octanol–water partition coefficient (Wildman–Crippen LogP) is 4.05. The van der Waals surface area contributed by atoms with Gasteiger partial charge in [-0.05, 0) is 42.6 Å². The fourth-order valence-electron chi connectivity index (χ4n) is 2.29. The molecule has 0 amide bonds. The van der Waals surface area contributed by atoms with Crippen molar-refractivity contribution >= 4 is 41.6 Å². The quantitative estimate of drug-likeness (QED) is 0.649. The van der Waals surface area contributed by atoms with Crippen LogP contribution < -0.4 is 4.74 Å². The van der Waals surface area contributed by atoms with Gasteiger partial charge in [0.2, 0.25) is 5.88 Å². The van der Waals surface area contributed by atoms with Gasteiger partial charge in [0.15, 0.2) is 3.95 Å². The summed E-state index contributed by atoms with van der Waals surface area (Å²) in [5.74, 6) is 0.910. The van der Waals surface area contributed by atoms with Gasteiger partial charge in [-0.2, -0.15) is 5.10 Å². The minimum Gasteiger partial charge on any atom is -0.497 e. The van der Waals surface area contributed by atoms with Crippen LogP contribution in [0.3, 0.4) is 0 Å². The lowest BCUT2D eigenvalue weighted by atomic mass is 10.0. The van der Waals surface area contributed by atoms with Crippen molar-refractivity contribution < 1.29 is 9.84 Å². The maximum atomic E-state index is 10.3. The van der Waals surface area contributed by atoms with E-state index in [0.717, 1.165) is 22.6 Å². The summed E-state index contributed by atoms with van der Waals surface area (Å²) < 4.78 is 7.40. The highest BCUT2D eigenvalue weighted by Gasteiger charge is 2.16. The first-order chi connectivity index (χ1) is 11.6. The fraction of sp³-hybridized carbons (Fsp3) is 0.118. The molecule has 0 bridgehead atoms. The molecule has 0 atom stereocenters. The Morgan fingerprint density at radius 2 is 2.12 bits per heavy atom. The molecule has 0 radical (unpaired) electrons. The maximum Gasteiger partial charge on any atom is 0.210 e. The molecule has 0 saturated heterocycles. The summed E-state index contributed by atoms with van der Waals surface area (Å²) >= 11 is 6.62. The first-order valence-corrected chi connectivity index (χ1v) is 8.37. The zero-order chi connectivity index (χ0) is 17.1. The van der Waals surface area contributed by atoms with Crippen molar-refractivity contribution in [1.29, 1.82) is 0 Å². The summed E-state index contributed by atoms with van der Waals surface area (Å²) in [4.78, 5) is 0.673. The van der Waals surface area contributed by atoms with Crippen LogP contribution in [0.2, 0.25) is 0 Å². The molecular weight excluding hydrogens is 342 g/mol. The van der Waals surface area contributed by atoms with E-state index in [2.05, 4.69) is 16.8 Å². The summed E-state index contributed by atoms with van der Waals surface area (Å²) in [5, 5.41) is 18.5. The second-order valence-corrected chi connectivity index (χ2v) is 6.65. The average molecular weight is 357 g/mol. The van der Waals surface area contributed by atoms with E-state index in [0.29, 0.717) is 15.4 Å². The molecule has 5 nitrogen and oxygen atoms in total. The van der Waals surface area contributed by atoms with Gasteiger partial charge in [-0.1, -0.05) is 6.08 Å². The summed E-state index contributed by atoms with van der Waals surface area (Å²) in [7, 11) is 1.63. The number of aromatic hydroxyl groups is 1. The Labute approximate surface area is 148 Å². The number of nitrogens with zero attached hydrogens (tertiary/aromatic N) is 3. The third kappa shape index (κ3) is 3.08. The molecule has 3 rings (SSSR count). The molecule has 0 saturated carbocycles. The SMILES string of the molecule is C=CCn1c(O)c(/C=C2\C=NN=C2c2ccc(OC)cc2)sc1=S. The third-order valence-electron chi connectivity index (χ3n) is 3.48. The van der Waals surface area contributed by atoms with E-state index in [1.807, 2.05) is 30.3 Å². The lowest BCUT2D eigenvalue weighted by molar-refractivity contribution is 0.415. The smallest absolute Gasteiger partial charge is 0.210 e. The second-order valence-electron chi connectivity index (χ2n) is 4.98. The number of benzene rings is 1. The Hall–Kier alpha value is -2.51. The van der Waals surface area contributed by atoms with Crippen LogP contribution in [-0.4, -0.2) is 28.7 Å². The van der Waals surface area contributed by atoms with E-state index in [-0.39, 0.29) is 5.88 Å². The highest BCUT2D eigenvalue weighted by atomic mass is 32.1. The van der Waals surface area contributed by atoms with Gasteiger partial charge in [0.1, 0.15) is 11.5 Å². The minimum atomic E-state index is 0.131. The van der Waals surface area contributed by atoms with Crippen LogP contribution >= 0.6 is 23.6 Å². The molecule has 7 heteroatoms. The van der Waals surface area contributed by atoms with Gasteiger partial charge in [-0.3, -0.25) is 4.57 Å². The molecule has 0 unspecified atom stereocenters. The highest BCUT2D eigenvalue weighted by Crippen LogP contribution is 2.29. The van der Waals surface area contributed by atoms with Crippen molar-refractivity contribution in [3.63, 3.8) is 0 Å². The average Bonchev–Trinajstić information content (AvgIpc) is 3.16. The molecule has 1 N–H and O–H groups in total. The van der Waals surface area contributed by atoms with Crippen LogP contribution in [0, 0.1) is 3.95 Å². The molecule has 1 aromatic carbocycles. The fourth-order valence-corrected chi connectivity index (χ4v) is 3.56. The molecule has 122 valence electrons. The topological polar surface area (TPSA) is 59.1 Å². The largest absolute Gasteiger partial charge is 0.497 e. The van der Waals surface area contributed by atoms with Crippen LogP contribution in [-0.2, 0) is 6.54 Å². The number of ether oxygens (including phenoxy) is 1.